The van der Waals surface area contributed by atoms with Crippen molar-refractivity contribution >= 4 is 32.7 Å². The second-order valence-corrected chi connectivity index (χ2v) is 6.73. The zero-order valence-corrected chi connectivity index (χ0v) is 13.8. The Morgan fingerprint density at radius 2 is 1.62 bits per heavy atom. The van der Waals surface area contributed by atoms with Crippen LogP contribution in [0, 0.1) is 0 Å². The highest BCUT2D eigenvalue weighted by atomic mass is 32.2. The second kappa shape index (κ2) is 6.43. The third-order valence-electron chi connectivity index (χ3n) is 3.63. The molecule has 0 spiro atoms. The van der Waals surface area contributed by atoms with Crippen molar-refractivity contribution in [1.82, 2.24) is 0 Å². The van der Waals surface area contributed by atoms with Crippen molar-refractivity contribution in [2.24, 2.45) is 10.1 Å². The number of ether oxygens (including phenoxy) is 1. The van der Waals surface area contributed by atoms with E-state index < -0.39 is 10.0 Å². The molecule has 3 aromatic carbocycles. The van der Waals surface area contributed by atoms with Crippen LogP contribution < -0.4 is 9.88 Å². The van der Waals surface area contributed by atoms with Gasteiger partial charge in [0.25, 0.3) is 0 Å². The van der Waals surface area contributed by atoms with E-state index in [9.17, 15) is 8.42 Å². The molecular weight excluding hydrogens is 324 g/mol. The zero-order valence-electron chi connectivity index (χ0n) is 13.0. The van der Waals surface area contributed by atoms with Crippen LogP contribution in [-0.2, 0) is 10.0 Å². The molecule has 3 aromatic rings. The maximum atomic E-state index is 11.7. The normalized spacial score (nSPS) is 11.9. The Morgan fingerprint density at radius 1 is 0.958 bits per heavy atom. The van der Waals surface area contributed by atoms with Crippen molar-refractivity contribution in [3.63, 3.8) is 0 Å². The van der Waals surface area contributed by atoms with Gasteiger partial charge in [0.1, 0.15) is 5.75 Å². The predicted octanol–water partition coefficient (Wildman–Crippen LogP) is 3.25. The SMILES string of the molecule is COc1ccc(C=Nc2cccc3c(S(N)(=O)=O)cccc23)cc1. The van der Waals surface area contributed by atoms with Gasteiger partial charge in [-0.1, -0.05) is 24.3 Å². The lowest BCUT2D eigenvalue weighted by Crippen LogP contribution is -2.12. The van der Waals surface area contributed by atoms with Crippen LogP contribution in [0.2, 0.25) is 0 Å². The number of rotatable bonds is 4. The van der Waals surface area contributed by atoms with Crippen LogP contribution >= 0.6 is 0 Å². The maximum absolute atomic E-state index is 11.7. The lowest BCUT2D eigenvalue weighted by molar-refractivity contribution is 0.415. The maximum Gasteiger partial charge on any atom is 0.238 e. The van der Waals surface area contributed by atoms with Gasteiger partial charge in [-0.2, -0.15) is 0 Å². The molecule has 0 bridgehead atoms. The van der Waals surface area contributed by atoms with Gasteiger partial charge in [-0.25, -0.2) is 13.6 Å². The van der Waals surface area contributed by atoms with Crippen molar-refractivity contribution in [3.8, 4) is 5.75 Å². The van der Waals surface area contributed by atoms with Gasteiger partial charge in [0.2, 0.25) is 10.0 Å². The molecule has 0 radical (unpaired) electrons. The largest absolute Gasteiger partial charge is 0.497 e. The van der Waals surface area contributed by atoms with E-state index in [-0.39, 0.29) is 4.90 Å². The molecule has 0 unspecified atom stereocenters. The van der Waals surface area contributed by atoms with Gasteiger partial charge in [-0.05, 0) is 42.0 Å². The van der Waals surface area contributed by atoms with E-state index in [2.05, 4.69) is 4.99 Å². The molecule has 5 nitrogen and oxygen atoms in total. The minimum absolute atomic E-state index is 0.0986. The molecule has 0 fully saturated rings. The topological polar surface area (TPSA) is 81.8 Å². The van der Waals surface area contributed by atoms with E-state index in [1.807, 2.05) is 36.4 Å². The first kappa shape index (κ1) is 16.2. The predicted molar refractivity (Wildman–Crippen MR) is 95.6 cm³/mol. The number of benzene rings is 3. The van der Waals surface area contributed by atoms with Crippen LogP contribution in [0.3, 0.4) is 0 Å². The molecule has 0 heterocycles. The van der Waals surface area contributed by atoms with Crippen LogP contribution in [0.5, 0.6) is 5.75 Å². The third-order valence-corrected chi connectivity index (χ3v) is 4.60. The monoisotopic (exact) mass is 340 g/mol. The highest BCUT2D eigenvalue weighted by molar-refractivity contribution is 7.89. The second-order valence-electron chi connectivity index (χ2n) is 5.20. The molecule has 2 N–H and O–H groups in total. The van der Waals surface area contributed by atoms with Gasteiger partial charge in [0, 0.05) is 17.0 Å². The molecule has 0 aliphatic heterocycles. The Balaban J connectivity index is 2.05. The van der Waals surface area contributed by atoms with E-state index in [4.69, 9.17) is 9.88 Å². The van der Waals surface area contributed by atoms with Gasteiger partial charge in [-0.15, -0.1) is 0 Å². The molecule has 0 saturated heterocycles. The van der Waals surface area contributed by atoms with E-state index in [1.54, 1.807) is 31.5 Å². The van der Waals surface area contributed by atoms with Gasteiger partial charge >= 0.3 is 0 Å². The highest BCUT2D eigenvalue weighted by Gasteiger charge is 2.13. The molecule has 122 valence electrons. The lowest BCUT2D eigenvalue weighted by Gasteiger charge is -2.06. The van der Waals surface area contributed by atoms with Crippen molar-refractivity contribution < 1.29 is 13.2 Å². The van der Waals surface area contributed by atoms with E-state index in [0.29, 0.717) is 11.1 Å². The van der Waals surface area contributed by atoms with Crippen LogP contribution in [0.4, 0.5) is 5.69 Å². The summed E-state index contributed by atoms with van der Waals surface area (Å²) >= 11 is 0. The number of aliphatic imine (C=N–C) groups is 1. The highest BCUT2D eigenvalue weighted by Crippen LogP contribution is 2.30. The van der Waals surface area contributed by atoms with Crippen molar-refractivity contribution in [2.75, 3.05) is 7.11 Å². The fourth-order valence-corrected chi connectivity index (χ4v) is 3.21. The first-order valence-corrected chi connectivity index (χ1v) is 8.76. The molecule has 3 rings (SSSR count). The Kier molecular flexibility index (Phi) is 4.33. The van der Waals surface area contributed by atoms with Crippen LogP contribution in [0.15, 0.2) is 70.6 Å². The van der Waals surface area contributed by atoms with E-state index in [0.717, 1.165) is 16.7 Å². The Morgan fingerprint density at radius 3 is 2.29 bits per heavy atom. The van der Waals surface area contributed by atoms with E-state index >= 15 is 0 Å². The fourth-order valence-electron chi connectivity index (χ4n) is 2.46. The Hall–Kier alpha value is -2.70. The lowest BCUT2D eigenvalue weighted by atomic mass is 10.1. The molecule has 0 saturated carbocycles. The summed E-state index contributed by atoms with van der Waals surface area (Å²) in [7, 11) is -2.17. The Labute approximate surface area is 140 Å². The van der Waals surface area contributed by atoms with E-state index in [1.165, 1.54) is 6.07 Å². The number of sulfonamides is 1. The number of primary sulfonamides is 1. The molecular formula is C18H16N2O3S. The summed E-state index contributed by atoms with van der Waals surface area (Å²) in [6, 6.07) is 17.8. The molecule has 0 aliphatic rings. The number of nitrogens with zero attached hydrogens (tertiary/aromatic N) is 1. The number of methoxy groups -OCH3 is 1. The summed E-state index contributed by atoms with van der Waals surface area (Å²) < 4.78 is 28.6. The smallest absolute Gasteiger partial charge is 0.238 e. The molecule has 0 aliphatic carbocycles. The van der Waals surface area contributed by atoms with Crippen LogP contribution in [-0.4, -0.2) is 21.7 Å². The number of nitrogens with two attached hydrogens (primary N) is 1. The first-order chi connectivity index (χ1) is 11.5. The molecule has 0 atom stereocenters. The van der Waals surface area contributed by atoms with Gasteiger partial charge < -0.3 is 4.74 Å². The summed E-state index contributed by atoms with van der Waals surface area (Å²) in [5, 5.41) is 6.58. The van der Waals surface area contributed by atoms with Gasteiger partial charge in [0.05, 0.1) is 17.7 Å². The molecule has 0 amide bonds. The van der Waals surface area contributed by atoms with Crippen LogP contribution in [0.25, 0.3) is 10.8 Å². The summed E-state index contributed by atoms with van der Waals surface area (Å²) in [6.45, 7) is 0. The first-order valence-electron chi connectivity index (χ1n) is 7.22. The molecule has 0 aromatic heterocycles. The molecule has 24 heavy (non-hydrogen) atoms. The van der Waals surface area contributed by atoms with Gasteiger partial charge in [-0.3, -0.25) is 4.99 Å². The summed E-state index contributed by atoms with van der Waals surface area (Å²) in [4.78, 5) is 4.58. The summed E-state index contributed by atoms with van der Waals surface area (Å²) in [6.07, 6.45) is 1.72. The Bertz CT molecular complexity index is 1010. The van der Waals surface area contributed by atoms with Gasteiger partial charge in [0.15, 0.2) is 0 Å². The van der Waals surface area contributed by atoms with Crippen molar-refractivity contribution in [2.45, 2.75) is 4.90 Å². The third kappa shape index (κ3) is 3.29. The minimum Gasteiger partial charge on any atom is -0.497 e. The number of hydrogen-bond acceptors (Lipinski definition) is 4. The average Bonchev–Trinajstić information content (AvgIpc) is 2.59. The number of fused-ring (bicyclic) bond motifs is 1. The minimum atomic E-state index is -3.79. The number of hydrogen-bond donors (Lipinski definition) is 1. The van der Waals surface area contributed by atoms with Crippen LogP contribution in [0.1, 0.15) is 5.56 Å². The fraction of sp³-hybridized carbons (Fsp3) is 0.0556. The van der Waals surface area contributed by atoms with Crippen molar-refractivity contribution in [1.29, 1.82) is 0 Å². The quantitative estimate of drug-likeness (QED) is 0.740. The standard InChI is InChI=1S/C18H16N2O3S/c1-23-14-10-8-13(9-11-14)12-20-17-6-2-5-16-15(17)4-3-7-18(16)24(19,21)22/h2-12H,1H3,(H2,19,21,22). The molecule has 6 heteroatoms. The van der Waals surface area contributed by atoms with Crippen molar-refractivity contribution in [3.05, 3.63) is 66.2 Å². The summed E-state index contributed by atoms with van der Waals surface area (Å²) in [5.74, 6) is 0.773. The average molecular weight is 340 g/mol. The summed E-state index contributed by atoms with van der Waals surface area (Å²) in [5.41, 5.74) is 1.59. The zero-order chi connectivity index (χ0) is 17.2.